The molecule has 2 nitrogen and oxygen atoms in total. The van der Waals surface area contributed by atoms with Crippen LogP contribution in [0.5, 0.6) is 0 Å². The Labute approximate surface area is 111 Å². The number of nitrogens with two attached hydrogens (primary N) is 1. The molecule has 100 valence electrons. The van der Waals surface area contributed by atoms with Gasteiger partial charge in [-0.3, -0.25) is 4.90 Å². The number of nitrogens with zero attached hydrogens (tertiary/aromatic N) is 1. The summed E-state index contributed by atoms with van der Waals surface area (Å²) in [4.78, 5) is 2.60. The van der Waals surface area contributed by atoms with E-state index in [0.29, 0.717) is 6.04 Å². The summed E-state index contributed by atoms with van der Waals surface area (Å²) in [6, 6.07) is 9.38. The zero-order valence-corrected chi connectivity index (χ0v) is 11.7. The summed E-state index contributed by atoms with van der Waals surface area (Å²) in [6.45, 7) is 7.60. The molecule has 1 aliphatic heterocycles. The van der Waals surface area contributed by atoms with Gasteiger partial charge in [-0.2, -0.15) is 0 Å². The van der Waals surface area contributed by atoms with E-state index >= 15 is 0 Å². The van der Waals surface area contributed by atoms with Crippen molar-refractivity contribution in [3.05, 3.63) is 35.4 Å². The third-order valence-electron chi connectivity index (χ3n) is 4.46. The molecule has 2 rings (SSSR count). The molecule has 1 aliphatic rings. The monoisotopic (exact) mass is 246 g/mol. The van der Waals surface area contributed by atoms with Crippen LogP contribution < -0.4 is 5.73 Å². The standard InChI is InChI=1S/C16H26N2/c1-3-13(4-2)16(11-17)18-10-9-14-7-5-6-8-15(14)12-18/h5-8,13,16H,3-4,9-12,17H2,1-2H3. The summed E-state index contributed by atoms with van der Waals surface area (Å²) in [5, 5.41) is 0. The van der Waals surface area contributed by atoms with Crippen molar-refractivity contribution in [2.24, 2.45) is 11.7 Å². The molecular weight excluding hydrogens is 220 g/mol. The lowest BCUT2D eigenvalue weighted by Crippen LogP contribution is -2.47. The molecule has 2 heteroatoms. The van der Waals surface area contributed by atoms with Crippen LogP contribution >= 0.6 is 0 Å². The van der Waals surface area contributed by atoms with Crippen LogP contribution in [0.2, 0.25) is 0 Å². The maximum atomic E-state index is 6.03. The van der Waals surface area contributed by atoms with Crippen molar-refractivity contribution in [1.82, 2.24) is 4.90 Å². The van der Waals surface area contributed by atoms with E-state index in [1.807, 2.05) is 0 Å². The first kappa shape index (κ1) is 13.6. The summed E-state index contributed by atoms with van der Waals surface area (Å²) in [5.74, 6) is 0.736. The van der Waals surface area contributed by atoms with Crippen molar-refractivity contribution in [3.63, 3.8) is 0 Å². The lowest BCUT2D eigenvalue weighted by molar-refractivity contribution is 0.125. The number of fused-ring (bicyclic) bond motifs is 1. The second-order valence-electron chi connectivity index (χ2n) is 5.37. The lowest BCUT2D eigenvalue weighted by Gasteiger charge is -2.39. The molecule has 1 heterocycles. The summed E-state index contributed by atoms with van der Waals surface area (Å²) < 4.78 is 0. The SMILES string of the molecule is CCC(CC)C(CN)N1CCc2ccccc2C1. The number of rotatable bonds is 5. The van der Waals surface area contributed by atoms with Crippen LogP contribution in [0.25, 0.3) is 0 Å². The third kappa shape index (κ3) is 2.76. The van der Waals surface area contributed by atoms with E-state index in [9.17, 15) is 0 Å². The molecule has 1 aromatic carbocycles. The summed E-state index contributed by atoms with van der Waals surface area (Å²) in [6.07, 6.45) is 3.64. The molecule has 0 spiro atoms. The van der Waals surface area contributed by atoms with Crippen molar-refractivity contribution in [2.75, 3.05) is 13.1 Å². The Morgan fingerprint density at radius 1 is 1.17 bits per heavy atom. The molecule has 1 atom stereocenters. The molecule has 18 heavy (non-hydrogen) atoms. The van der Waals surface area contributed by atoms with Gasteiger partial charge in [-0.1, -0.05) is 51.0 Å². The summed E-state index contributed by atoms with van der Waals surface area (Å²) in [7, 11) is 0. The molecule has 0 bridgehead atoms. The first-order chi connectivity index (χ1) is 8.80. The highest BCUT2D eigenvalue weighted by molar-refractivity contribution is 5.29. The van der Waals surface area contributed by atoms with Crippen molar-refractivity contribution < 1.29 is 0 Å². The van der Waals surface area contributed by atoms with E-state index in [4.69, 9.17) is 5.73 Å². The smallest absolute Gasteiger partial charge is 0.0250 e. The van der Waals surface area contributed by atoms with Crippen LogP contribution in [0.4, 0.5) is 0 Å². The molecule has 0 saturated carbocycles. The minimum Gasteiger partial charge on any atom is -0.329 e. The van der Waals surface area contributed by atoms with Gasteiger partial charge < -0.3 is 5.73 Å². The van der Waals surface area contributed by atoms with E-state index in [1.54, 1.807) is 0 Å². The molecule has 0 radical (unpaired) electrons. The predicted molar refractivity (Wildman–Crippen MR) is 77.5 cm³/mol. The van der Waals surface area contributed by atoms with Crippen LogP contribution in [0.3, 0.4) is 0 Å². The van der Waals surface area contributed by atoms with Crippen LogP contribution in [-0.2, 0) is 13.0 Å². The fourth-order valence-electron chi connectivity index (χ4n) is 3.27. The Bertz CT molecular complexity index is 371. The van der Waals surface area contributed by atoms with Crippen LogP contribution in [0.1, 0.15) is 37.8 Å². The Balaban J connectivity index is 2.11. The van der Waals surface area contributed by atoms with Gasteiger partial charge >= 0.3 is 0 Å². The fourth-order valence-corrected chi connectivity index (χ4v) is 3.27. The topological polar surface area (TPSA) is 29.3 Å². The lowest BCUT2D eigenvalue weighted by atomic mass is 9.90. The third-order valence-corrected chi connectivity index (χ3v) is 4.46. The quantitative estimate of drug-likeness (QED) is 0.865. The van der Waals surface area contributed by atoms with Crippen molar-refractivity contribution in [2.45, 2.75) is 45.7 Å². The zero-order chi connectivity index (χ0) is 13.0. The van der Waals surface area contributed by atoms with Gasteiger partial charge in [-0.15, -0.1) is 0 Å². The Kier molecular flexibility index (Phi) is 4.79. The van der Waals surface area contributed by atoms with Gasteiger partial charge in [0.15, 0.2) is 0 Å². The predicted octanol–water partition coefficient (Wildman–Crippen LogP) is 2.81. The number of hydrogen-bond acceptors (Lipinski definition) is 2. The molecule has 0 aromatic heterocycles. The number of hydrogen-bond donors (Lipinski definition) is 1. The molecule has 0 aliphatic carbocycles. The normalized spacial score (nSPS) is 17.8. The zero-order valence-electron chi connectivity index (χ0n) is 11.7. The van der Waals surface area contributed by atoms with Gasteiger partial charge in [0.05, 0.1) is 0 Å². The van der Waals surface area contributed by atoms with Gasteiger partial charge in [0.1, 0.15) is 0 Å². The van der Waals surface area contributed by atoms with Gasteiger partial charge in [0, 0.05) is 25.7 Å². The molecular formula is C16H26N2. The van der Waals surface area contributed by atoms with Crippen molar-refractivity contribution >= 4 is 0 Å². The summed E-state index contributed by atoms with van der Waals surface area (Å²) >= 11 is 0. The first-order valence-corrected chi connectivity index (χ1v) is 7.31. The highest BCUT2D eigenvalue weighted by Crippen LogP contribution is 2.25. The van der Waals surface area contributed by atoms with Crippen LogP contribution in [-0.4, -0.2) is 24.0 Å². The second kappa shape index (κ2) is 6.35. The molecule has 0 saturated heterocycles. The average molecular weight is 246 g/mol. The highest BCUT2D eigenvalue weighted by Gasteiger charge is 2.26. The van der Waals surface area contributed by atoms with E-state index < -0.39 is 0 Å². The van der Waals surface area contributed by atoms with E-state index in [2.05, 4.69) is 43.0 Å². The Hall–Kier alpha value is -0.860. The number of benzene rings is 1. The van der Waals surface area contributed by atoms with Gasteiger partial charge in [-0.05, 0) is 23.5 Å². The van der Waals surface area contributed by atoms with E-state index in [0.717, 1.165) is 25.6 Å². The summed E-state index contributed by atoms with van der Waals surface area (Å²) in [5.41, 5.74) is 9.05. The van der Waals surface area contributed by atoms with E-state index in [-0.39, 0.29) is 0 Å². The maximum absolute atomic E-state index is 6.03. The Morgan fingerprint density at radius 2 is 1.83 bits per heavy atom. The van der Waals surface area contributed by atoms with E-state index in [1.165, 1.54) is 30.4 Å². The van der Waals surface area contributed by atoms with Gasteiger partial charge in [0.2, 0.25) is 0 Å². The van der Waals surface area contributed by atoms with Crippen molar-refractivity contribution in [3.8, 4) is 0 Å². The largest absolute Gasteiger partial charge is 0.329 e. The minimum absolute atomic E-state index is 0.549. The Morgan fingerprint density at radius 3 is 2.44 bits per heavy atom. The van der Waals surface area contributed by atoms with Gasteiger partial charge in [-0.25, -0.2) is 0 Å². The molecule has 1 aromatic rings. The first-order valence-electron chi connectivity index (χ1n) is 7.31. The minimum atomic E-state index is 0.549. The molecule has 0 amide bonds. The highest BCUT2D eigenvalue weighted by atomic mass is 15.2. The molecule has 1 unspecified atom stereocenters. The second-order valence-corrected chi connectivity index (χ2v) is 5.37. The van der Waals surface area contributed by atoms with Gasteiger partial charge in [0.25, 0.3) is 0 Å². The molecule has 2 N–H and O–H groups in total. The van der Waals surface area contributed by atoms with Crippen molar-refractivity contribution in [1.29, 1.82) is 0 Å². The van der Waals surface area contributed by atoms with Crippen LogP contribution in [0, 0.1) is 5.92 Å². The molecule has 0 fully saturated rings. The van der Waals surface area contributed by atoms with Crippen LogP contribution in [0.15, 0.2) is 24.3 Å². The maximum Gasteiger partial charge on any atom is 0.0250 e. The fraction of sp³-hybridized carbons (Fsp3) is 0.625. The average Bonchev–Trinajstić information content (AvgIpc) is 2.44.